The number of carbonyl (C=O) groups excluding carboxylic acids is 1. The number of amides is 1. The largest absolute Gasteiger partial charge is 0.325 e. The van der Waals surface area contributed by atoms with Crippen LogP contribution in [-0.4, -0.2) is 21.1 Å². The maximum Gasteiger partial charge on any atom is 0.232 e. The van der Waals surface area contributed by atoms with Gasteiger partial charge in [0.15, 0.2) is 5.82 Å². The Kier molecular flexibility index (Phi) is 4.19. The minimum Gasteiger partial charge on any atom is -0.325 e. The van der Waals surface area contributed by atoms with Crippen LogP contribution in [0.3, 0.4) is 0 Å². The Bertz CT molecular complexity index is 824. The summed E-state index contributed by atoms with van der Waals surface area (Å²) in [5.41, 5.74) is 3.96. The molecule has 2 aromatic carbocycles. The van der Waals surface area contributed by atoms with Gasteiger partial charge in [-0.1, -0.05) is 48.0 Å². The molecule has 0 bridgehead atoms. The standard InChI is InChI=1S/C18H18N4O/c1-12-8-9-15(13(2)10-12)19-17(23)11-16-20-18(22-21-16)14-6-4-3-5-7-14/h3-10H,11H2,1-2H3,(H,19,23)(H,20,21,22). The average molecular weight is 306 g/mol. The van der Waals surface area contributed by atoms with E-state index in [1.807, 2.05) is 62.4 Å². The van der Waals surface area contributed by atoms with Gasteiger partial charge in [0.25, 0.3) is 0 Å². The second-order valence-corrected chi connectivity index (χ2v) is 5.52. The molecular formula is C18H18N4O. The van der Waals surface area contributed by atoms with E-state index >= 15 is 0 Å². The lowest BCUT2D eigenvalue weighted by atomic mass is 10.1. The Labute approximate surface area is 134 Å². The van der Waals surface area contributed by atoms with Crippen molar-refractivity contribution in [3.8, 4) is 11.4 Å². The van der Waals surface area contributed by atoms with Crippen molar-refractivity contribution in [2.45, 2.75) is 20.3 Å². The zero-order valence-electron chi connectivity index (χ0n) is 13.1. The van der Waals surface area contributed by atoms with Crippen molar-refractivity contribution in [1.82, 2.24) is 15.2 Å². The van der Waals surface area contributed by atoms with E-state index in [0.29, 0.717) is 11.6 Å². The first kappa shape index (κ1) is 15.0. The van der Waals surface area contributed by atoms with Crippen molar-refractivity contribution in [2.24, 2.45) is 0 Å². The van der Waals surface area contributed by atoms with E-state index in [1.165, 1.54) is 5.56 Å². The molecule has 0 aliphatic heterocycles. The molecule has 0 saturated carbocycles. The number of benzene rings is 2. The van der Waals surface area contributed by atoms with Crippen molar-refractivity contribution in [1.29, 1.82) is 0 Å². The minimum atomic E-state index is -0.118. The van der Waals surface area contributed by atoms with Crippen LogP contribution in [0.25, 0.3) is 11.4 Å². The number of H-pyrrole nitrogens is 1. The van der Waals surface area contributed by atoms with E-state index in [2.05, 4.69) is 20.5 Å². The molecule has 0 aliphatic carbocycles. The second-order valence-electron chi connectivity index (χ2n) is 5.52. The number of aryl methyl sites for hydroxylation is 2. The molecule has 0 fully saturated rings. The number of carbonyl (C=O) groups is 1. The summed E-state index contributed by atoms with van der Waals surface area (Å²) in [6, 6.07) is 15.6. The number of nitrogens with zero attached hydrogens (tertiary/aromatic N) is 2. The van der Waals surface area contributed by atoms with E-state index in [-0.39, 0.29) is 12.3 Å². The fourth-order valence-electron chi connectivity index (χ4n) is 2.39. The summed E-state index contributed by atoms with van der Waals surface area (Å²) in [5.74, 6) is 1.03. The third kappa shape index (κ3) is 3.63. The smallest absolute Gasteiger partial charge is 0.232 e. The number of hydrogen-bond donors (Lipinski definition) is 2. The molecule has 0 spiro atoms. The highest BCUT2D eigenvalue weighted by Crippen LogP contribution is 2.17. The van der Waals surface area contributed by atoms with Gasteiger partial charge in [0.05, 0.1) is 6.42 Å². The van der Waals surface area contributed by atoms with Crippen LogP contribution in [0.5, 0.6) is 0 Å². The van der Waals surface area contributed by atoms with Gasteiger partial charge in [-0.3, -0.25) is 9.89 Å². The van der Waals surface area contributed by atoms with Crippen molar-refractivity contribution in [2.75, 3.05) is 5.32 Å². The molecule has 0 atom stereocenters. The molecule has 0 radical (unpaired) electrons. The molecule has 5 heteroatoms. The summed E-state index contributed by atoms with van der Waals surface area (Å²) in [5, 5.41) is 9.89. The molecule has 116 valence electrons. The van der Waals surface area contributed by atoms with Crippen molar-refractivity contribution in [3.63, 3.8) is 0 Å². The van der Waals surface area contributed by atoms with E-state index in [9.17, 15) is 4.79 Å². The van der Waals surface area contributed by atoms with Crippen LogP contribution in [0.15, 0.2) is 48.5 Å². The summed E-state index contributed by atoms with van der Waals surface area (Å²) >= 11 is 0. The monoisotopic (exact) mass is 306 g/mol. The third-order valence-electron chi connectivity index (χ3n) is 3.55. The van der Waals surface area contributed by atoms with Gasteiger partial charge in [-0.05, 0) is 25.5 Å². The fraction of sp³-hybridized carbons (Fsp3) is 0.167. The predicted molar refractivity (Wildman–Crippen MR) is 90.1 cm³/mol. The predicted octanol–water partition coefficient (Wildman–Crippen LogP) is 3.27. The molecule has 0 unspecified atom stereocenters. The molecule has 5 nitrogen and oxygen atoms in total. The van der Waals surface area contributed by atoms with Gasteiger partial charge in [0, 0.05) is 11.3 Å². The third-order valence-corrected chi connectivity index (χ3v) is 3.55. The van der Waals surface area contributed by atoms with Gasteiger partial charge in [-0.2, -0.15) is 5.10 Å². The molecule has 0 aliphatic rings. The zero-order valence-corrected chi connectivity index (χ0v) is 13.1. The van der Waals surface area contributed by atoms with Crippen LogP contribution in [0.1, 0.15) is 17.0 Å². The topological polar surface area (TPSA) is 70.7 Å². The Morgan fingerprint density at radius 2 is 1.91 bits per heavy atom. The van der Waals surface area contributed by atoms with Crippen LogP contribution in [0, 0.1) is 13.8 Å². The highest BCUT2D eigenvalue weighted by Gasteiger charge is 2.11. The molecule has 3 rings (SSSR count). The lowest BCUT2D eigenvalue weighted by Crippen LogP contribution is -2.16. The molecule has 1 heterocycles. The van der Waals surface area contributed by atoms with Crippen molar-refractivity contribution >= 4 is 11.6 Å². The van der Waals surface area contributed by atoms with Crippen LogP contribution < -0.4 is 5.32 Å². The first-order chi connectivity index (χ1) is 11.1. The Balaban J connectivity index is 1.68. The lowest BCUT2D eigenvalue weighted by Gasteiger charge is -2.08. The Hall–Kier alpha value is -2.95. The van der Waals surface area contributed by atoms with E-state index < -0.39 is 0 Å². The lowest BCUT2D eigenvalue weighted by molar-refractivity contribution is -0.115. The van der Waals surface area contributed by atoms with Crippen LogP contribution in [0.2, 0.25) is 0 Å². The molecule has 0 saturated heterocycles. The van der Waals surface area contributed by atoms with Crippen LogP contribution in [0.4, 0.5) is 5.69 Å². The Morgan fingerprint density at radius 3 is 2.65 bits per heavy atom. The zero-order chi connectivity index (χ0) is 16.2. The quantitative estimate of drug-likeness (QED) is 0.777. The van der Waals surface area contributed by atoms with Crippen LogP contribution >= 0.6 is 0 Å². The number of nitrogens with one attached hydrogen (secondary N) is 2. The van der Waals surface area contributed by atoms with Gasteiger partial charge in [-0.25, -0.2) is 4.98 Å². The second kappa shape index (κ2) is 6.44. The first-order valence-corrected chi connectivity index (χ1v) is 7.45. The molecule has 2 N–H and O–H groups in total. The summed E-state index contributed by atoms with van der Waals surface area (Å²) < 4.78 is 0. The number of aromatic amines is 1. The summed E-state index contributed by atoms with van der Waals surface area (Å²) in [6.07, 6.45) is 0.160. The van der Waals surface area contributed by atoms with Gasteiger partial charge in [0.2, 0.25) is 5.91 Å². The minimum absolute atomic E-state index is 0.118. The summed E-state index contributed by atoms with van der Waals surface area (Å²) in [4.78, 5) is 16.5. The van der Waals surface area contributed by atoms with Gasteiger partial charge in [-0.15, -0.1) is 0 Å². The maximum absolute atomic E-state index is 12.2. The summed E-state index contributed by atoms with van der Waals surface area (Å²) in [7, 11) is 0. The van der Waals surface area contributed by atoms with Crippen molar-refractivity contribution in [3.05, 3.63) is 65.5 Å². The van der Waals surface area contributed by atoms with E-state index in [1.54, 1.807) is 0 Å². The fourth-order valence-corrected chi connectivity index (χ4v) is 2.39. The maximum atomic E-state index is 12.2. The van der Waals surface area contributed by atoms with Crippen molar-refractivity contribution < 1.29 is 4.79 Å². The summed E-state index contributed by atoms with van der Waals surface area (Å²) in [6.45, 7) is 4.00. The molecule has 3 aromatic rings. The van der Waals surface area contributed by atoms with Gasteiger partial charge in [0.1, 0.15) is 5.82 Å². The molecule has 23 heavy (non-hydrogen) atoms. The number of anilines is 1. The Morgan fingerprint density at radius 1 is 1.13 bits per heavy atom. The highest BCUT2D eigenvalue weighted by atomic mass is 16.1. The molecule has 1 aromatic heterocycles. The normalized spacial score (nSPS) is 10.5. The number of rotatable bonds is 4. The highest BCUT2D eigenvalue weighted by molar-refractivity contribution is 5.92. The molecule has 1 amide bonds. The molecular weight excluding hydrogens is 288 g/mol. The van der Waals surface area contributed by atoms with Gasteiger partial charge < -0.3 is 5.32 Å². The number of hydrogen-bond acceptors (Lipinski definition) is 3. The SMILES string of the molecule is Cc1ccc(NC(=O)Cc2nc(-c3ccccc3)n[nH]2)c(C)c1. The number of aromatic nitrogens is 3. The van der Waals surface area contributed by atoms with E-state index in [4.69, 9.17) is 0 Å². The van der Waals surface area contributed by atoms with E-state index in [0.717, 1.165) is 16.8 Å². The van der Waals surface area contributed by atoms with Crippen LogP contribution in [-0.2, 0) is 11.2 Å². The first-order valence-electron chi connectivity index (χ1n) is 7.45. The average Bonchev–Trinajstić information content (AvgIpc) is 2.99. The van der Waals surface area contributed by atoms with Gasteiger partial charge >= 0.3 is 0 Å².